The number of benzene rings is 1. The molecule has 3 N–H and O–H groups in total. The van der Waals surface area contributed by atoms with Crippen molar-refractivity contribution in [1.82, 2.24) is 4.72 Å². The van der Waals surface area contributed by atoms with Crippen LogP contribution in [0.2, 0.25) is 5.02 Å². The highest BCUT2D eigenvalue weighted by Gasteiger charge is 2.19. The molecule has 0 aliphatic rings. The summed E-state index contributed by atoms with van der Waals surface area (Å²) in [5.74, 6) is 0. The van der Waals surface area contributed by atoms with Gasteiger partial charge in [0.1, 0.15) is 0 Å². The van der Waals surface area contributed by atoms with E-state index in [0.717, 1.165) is 0 Å². The SMILES string of the molecule is Cc1c(Cl)cccc1S(=O)(=O)N[C@H](C)CN. The number of rotatable bonds is 4. The molecule has 0 aromatic heterocycles. The van der Waals surface area contributed by atoms with Gasteiger partial charge in [-0.2, -0.15) is 0 Å². The lowest BCUT2D eigenvalue weighted by Crippen LogP contribution is -2.38. The molecular formula is C10H15ClN2O2S. The fraction of sp³-hybridized carbons (Fsp3) is 0.400. The predicted molar refractivity (Wildman–Crippen MR) is 65.0 cm³/mol. The van der Waals surface area contributed by atoms with Crippen LogP contribution in [0.25, 0.3) is 0 Å². The summed E-state index contributed by atoms with van der Waals surface area (Å²) < 4.78 is 26.4. The fourth-order valence-electron chi connectivity index (χ4n) is 1.26. The molecule has 0 saturated carbocycles. The first-order valence-electron chi connectivity index (χ1n) is 4.86. The second-order valence-corrected chi connectivity index (χ2v) is 5.71. The summed E-state index contributed by atoms with van der Waals surface area (Å²) >= 11 is 5.87. The van der Waals surface area contributed by atoms with Gasteiger partial charge in [-0.15, -0.1) is 0 Å². The smallest absolute Gasteiger partial charge is 0.241 e. The number of nitrogens with one attached hydrogen (secondary N) is 1. The Balaban J connectivity index is 3.13. The highest BCUT2D eigenvalue weighted by Crippen LogP contribution is 2.22. The molecule has 0 unspecified atom stereocenters. The van der Waals surface area contributed by atoms with E-state index in [1.54, 1.807) is 26.0 Å². The molecule has 0 bridgehead atoms. The quantitative estimate of drug-likeness (QED) is 0.858. The van der Waals surface area contributed by atoms with Gasteiger partial charge in [-0.05, 0) is 31.5 Å². The van der Waals surface area contributed by atoms with E-state index in [9.17, 15) is 8.42 Å². The Morgan fingerprint density at radius 1 is 1.50 bits per heavy atom. The number of hydrogen-bond donors (Lipinski definition) is 2. The molecule has 16 heavy (non-hydrogen) atoms. The molecule has 4 nitrogen and oxygen atoms in total. The summed E-state index contributed by atoms with van der Waals surface area (Å²) in [4.78, 5) is 0.195. The van der Waals surface area contributed by atoms with E-state index in [-0.39, 0.29) is 17.5 Å². The normalized spacial score (nSPS) is 13.8. The molecule has 1 atom stereocenters. The van der Waals surface area contributed by atoms with Gasteiger partial charge >= 0.3 is 0 Å². The Bertz CT molecular complexity index is 474. The molecule has 0 heterocycles. The van der Waals surface area contributed by atoms with Crippen LogP contribution in [0, 0.1) is 6.92 Å². The molecular weight excluding hydrogens is 248 g/mol. The molecule has 0 amide bonds. The van der Waals surface area contributed by atoms with Crippen LogP contribution in [0.4, 0.5) is 0 Å². The van der Waals surface area contributed by atoms with Gasteiger partial charge in [-0.25, -0.2) is 13.1 Å². The Labute approximate surface area is 101 Å². The Morgan fingerprint density at radius 2 is 2.12 bits per heavy atom. The number of hydrogen-bond acceptors (Lipinski definition) is 3. The van der Waals surface area contributed by atoms with Crippen LogP contribution in [0.5, 0.6) is 0 Å². The zero-order chi connectivity index (χ0) is 12.3. The van der Waals surface area contributed by atoms with Gasteiger partial charge in [0, 0.05) is 17.6 Å². The fourth-order valence-corrected chi connectivity index (χ4v) is 3.01. The van der Waals surface area contributed by atoms with Crippen molar-refractivity contribution in [2.45, 2.75) is 24.8 Å². The summed E-state index contributed by atoms with van der Waals surface area (Å²) in [6.45, 7) is 3.63. The second-order valence-electron chi connectivity index (χ2n) is 3.62. The van der Waals surface area contributed by atoms with Crippen LogP contribution in [-0.2, 0) is 10.0 Å². The Hall–Kier alpha value is -0.620. The highest BCUT2D eigenvalue weighted by molar-refractivity contribution is 7.89. The van der Waals surface area contributed by atoms with Gasteiger partial charge in [0.2, 0.25) is 10.0 Å². The van der Waals surface area contributed by atoms with Gasteiger partial charge in [0.05, 0.1) is 4.90 Å². The van der Waals surface area contributed by atoms with Gasteiger partial charge in [-0.3, -0.25) is 0 Å². The lowest BCUT2D eigenvalue weighted by Gasteiger charge is -2.14. The molecule has 6 heteroatoms. The molecule has 0 aliphatic heterocycles. The molecule has 0 fully saturated rings. The summed E-state index contributed by atoms with van der Waals surface area (Å²) in [6.07, 6.45) is 0. The van der Waals surface area contributed by atoms with Gasteiger partial charge < -0.3 is 5.73 Å². The minimum atomic E-state index is -3.54. The zero-order valence-electron chi connectivity index (χ0n) is 9.20. The molecule has 0 aliphatic carbocycles. The van der Waals surface area contributed by atoms with Crippen LogP contribution in [0.1, 0.15) is 12.5 Å². The topological polar surface area (TPSA) is 72.2 Å². The van der Waals surface area contributed by atoms with Crippen LogP contribution in [0.3, 0.4) is 0 Å². The lowest BCUT2D eigenvalue weighted by atomic mass is 10.2. The summed E-state index contributed by atoms with van der Waals surface area (Å²) in [5.41, 5.74) is 5.91. The minimum Gasteiger partial charge on any atom is -0.329 e. The number of sulfonamides is 1. The monoisotopic (exact) mass is 262 g/mol. The van der Waals surface area contributed by atoms with Crippen LogP contribution >= 0.6 is 11.6 Å². The third-order valence-electron chi connectivity index (χ3n) is 2.22. The average Bonchev–Trinajstić information content (AvgIpc) is 2.21. The van der Waals surface area contributed by atoms with Crippen molar-refractivity contribution in [1.29, 1.82) is 0 Å². The van der Waals surface area contributed by atoms with E-state index >= 15 is 0 Å². The maximum atomic E-state index is 11.9. The van der Waals surface area contributed by atoms with E-state index in [1.807, 2.05) is 0 Å². The average molecular weight is 263 g/mol. The molecule has 0 saturated heterocycles. The number of nitrogens with two attached hydrogens (primary N) is 1. The molecule has 0 radical (unpaired) electrons. The van der Waals surface area contributed by atoms with E-state index in [0.29, 0.717) is 10.6 Å². The van der Waals surface area contributed by atoms with Crippen molar-refractivity contribution in [2.24, 2.45) is 5.73 Å². The standard InChI is InChI=1S/C10H15ClN2O2S/c1-7(6-12)13-16(14,15)10-5-3-4-9(11)8(10)2/h3-5,7,13H,6,12H2,1-2H3/t7-/m1/s1. The summed E-state index contributed by atoms with van der Waals surface area (Å²) in [6, 6.07) is 4.48. The van der Waals surface area contributed by atoms with Crippen molar-refractivity contribution < 1.29 is 8.42 Å². The minimum absolute atomic E-state index is 0.195. The molecule has 0 spiro atoms. The number of halogens is 1. The summed E-state index contributed by atoms with van der Waals surface area (Å²) in [5, 5.41) is 0.434. The highest BCUT2D eigenvalue weighted by atomic mass is 35.5. The van der Waals surface area contributed by atoms with E-state index in [2.05, 4.69) is 4.72 Å². The Kier molecular flexibility index (Phi) is 4.32. The van der Waals surface area contributed by atoms with E-state index in [1.165, 1.54) is 6.07 Å². The van der Waals surface area contributed by atoms with E-state index in [4.69, 9.17) is 17.3 Å². The maximum Gasteiger partial charge on any atom is 0.241 e. The van der Waals surface area contributed by atoms with Crippen molar-refractivity contribution >= 4 is 21.6 Å². The van der Waals surface area contributed by atoms with Crippen molar-refractivity contribution in [2.75, 3.05) is 6.54 Å². The predicted octanol–water partition coefficient (Wildman–Crippen LogP) is 1.27. The van der Waals surface area contributed by atoms with E-state index < -0.39 is 10.0 Å². The molecule has 90 valence electrons. The van der Waals surface area contributed by atoms with Crippen molar-refractivity contribution in [3.05, 3.63) is 28.8 Å². The lowest BCUT2D eigenvalue weighted by molar-refractivity contribution is 0.562. The van der Waals surface area contributed by atoms with Crippen molar-refractivity contribution in [3.63, 3.8) is 0 Å². The van der Waals surface area contributed by atoms with Gasteiger partial charge in [0.25, 0.3) is 0 Å². The Morgan fingerprint density at radius 3 is 2.69 bits per heavy atom. The molecule has 1 aromatic rings. The van der Waals surface area contributed by atoms with Crippen molar-refractivity contribution in [3.8, 4) is 0 Å². The van der Waals surface area contributed by atoms with Gasteiger partial charge in [0.15, 0.2) is 0 Å². The van der Waals surface area contributed by atoms with Crippen LogP contribution in [0.15, 0.2) is 23.1 Å². The molecule has 1 rings (SSSR count). The first-order valence-corrected chi connectivity index (χ1v) is 6.72. The van der Waals surface area contributed by atoms with Crippen LogP contribution < -0.4 is 10.5 Å². The maximum absolute atomic E-state index is 11.9. The first kappa shape index (κ1) is 13.4. The van der Waals surface area contributed by atoms with Crippen LogP contribution in [-0.4, -0.2) is 21.0 Å². The second kappa shape index (κ2) is 5.14. The largest absolute Gasteiger partial charge is 0.329 e. The third kappa shape index (κ3) is 2.95. The zero-order valence-corrected chi connectivity index (χ0v) is 10.8. The first-order chi connectivity index (χ1) is 7.38. The third-order valence-corrected chi connectivity index (χ3v) is 4.36. The molecule has 1 aromatic carbocycles. The summed E-state index contributed by atoms with van der Waals surface area (Å²) in [7, 11) is -3.54. The van der Waals surface area contributed by atoms with Gasteiger partial charge in [-0.1, -0.05) is 17.7 Å².